The topological polar surface area (TPSA) is 56.7 Å². The lowest BCUT2D eigenvalue weighted by Crippen LogP contribution is -2.23. The number of nitrogens with two attached hydrogens (primary N) is 1. The lowest BCUT2D eigenvalue weighted by atomic mass is 9.80. The maximum absolute atomic E-state index is 5.58. The van der Waals surface area contributed by atoms with E-state index in [9.17, 15) is 0 Å². The van der Waals surface area contributed by atoms with Crippen LogP contribution in [0, 0.1) is 11.8 Å². The first-order valence-corrected chi connectivity index (χ1v) is 6.23. The number of rotatable bonds is 1. The summed E-state index contributed by atoms with van der Waals surface area (Å²) in [6.45, 7) is 4.60. The molecule has 0 spiro atoms. The lowest BCUT2D eigenvalue weighted by Gasteiger charge is -2.31. The van der Waals surface area contributed by atoms with Crippen molar-refractivity contribution in [3.63, 3.8) is 0 Å². The zero-order valence-corrected chi connectivity index (χ0v) is 10.7. The molecule has 2 unspecified atom stereocenters. The highest BCUT2D eigenvalue weighted by molar-refractivity contribution is 9.10. The molecule has 2 N–H and O–H groups in total. The molecule has 4 nitrogen and oxygen atoms in total. The molecule has 5 heteroatoms. The summed E-state index contributed by atoms with van der Waals surface area (Å²) in [5.41, 5.74) is 5.58. The van der Waals surface area contributed by atoms with Gasteiger partial charge in [0.25, 0.3) is 0 Å². The zero-order chi connectivity index (χ0) is 11.0. The summed E-state index contributed by atoms with van der Waals surface area (Å²) in [6, 6.07) is 0.447. The van der Waals surface area contributed by atoms with Crippen molar-refractivity contribution in [2.24, 2.45) is 11.8 Å². The summed E-state index contributed by atoms with van der Waals surface area (Å²) in [6.07, 6.45) is 3.66. The number of nitrogens with zero attached hydrogens (tertiary/aromatic N) is 3. The van der Waals surface area contributed by atoms with Gasteiger partial charge in [0.15, 0.2) is 4.73 Å². The first kappa shape index (κ1) is 10.9. The molecule has 0 aliphatic heterocycles. The molecule has 0 saturated heterocycles. The molecule has 1 fully saturated rings. The quantitative estimate of drug-likeness (QED) is 0.855. The molecule has 15 heavy (non-hydrogen) atoms. The van der Waals surface area contributed by atoms with Crippen molar-refractivity contribution >= 4 is 21.9 Å². The van der Waals surface area contributed by atoms with Gasteiger partial charge in [-0.15, -0.1) is 5.10 Å². The van der Waals surface area contributed by atoms with Gasteiger partial charge in [-0.3, -0.25) is 0 Å². The lowest BCUT2D eigenvalue weighted by molar-refractivity contribution is 0.207. The predicted molar refractivity (Wildman–Crippen MR) is 63.4 cm³/mol. The van der Waals surface area contributed by atoms with Gasteiger partial charge in [-0.1, -0.05) is 13.8 Å². The Hall–Kier alpha value is -0.580. The van der Waals surface area contributed by atoms with E-state index in [2.05, 4.69) is 39.9 Å². The second-order valence-electron chi connectivity index (χ2n) is 4.75. The van der Waals surface area contributed by atoms with Crippen LogP contribution in [-0.2, 0) is 0 Å². The van der Waals surface area contributed by atoms with Crippen LogP contribution in [0.1, 0.15) is 39.2 Å². The van der Waals surface area contributed by atoms with E-state index in [0.717, 1.165) is 16.6 Å². The fourth-order valence-corrected chi connectivity index (χ4v) is 3.21. The molecule has 1 heterocycles. The molecule has 0 radical (unpaired) electrons. The van der Waals surface area contributed by atoms with Gasteiger partial charge in [0.1, 0.15) is 0 Å². The summed E-state index contributed by atoms with van der Waals surface area (Å²) in [5, 5.41) is 4.24. The monoisotopic (exact) mass is 272 g/mol. The van der Waals surface area contributed by atoms with Crippen LogP contribution in [0.2, 0.25) is 0 Å². The van der Waals surface area contributed by atoms with Gasteiger partial charge in [-0.05, 0) is 47.0 Å². The molecule has 2 rings (SSSR count). The largest absolute Gasteiger partial charge is 0.366 e. The van der Waals surface area contributed by atoms with E-state index in [1.54, 1.807) is 0 Å². The molecule has 1 aliphatic carbocycles. The maximum atomic E-state index is 5.58. The Morgan fingerprint density at radius 1 is 1.27 bits per heavy atom. The van der Waals surface area contributed by atoms with Crippen LogP contribution in [0.4, 0.5) is 5.95 Å². The number of anilines is 1. The van der Waals surface area contributed by atoms with Gasteiger partial charge in [0.05, 0.1) is 6.04 Å². The summed E-state index contributed by atoms with van der Waals surface area (Å²) in [5.74, 6) is 1.87. The van der Waals surface area contributed by atoms with Crippen LogP contribution in [0.3, 0.4) is 0 Å². The van der Waals surface area contributed by atoms with Crippen LogP contribution in [-0.4, -0.2) is 14.8 Å². The van der Waals surface area contributed by atoms with Crippen molar-refractivity contribution in [1.82, 2.24) is 14.8 Å². The number of hydrogen-bond acceptors (Lipinski definition) is 3. The summed E-state index contributed by atoms with van der Waals surface area (Å²) in [7, 11) is 0. The number of halogens is 1. The molecule has 1 aromatic heterocycles. The molecule has 84 valence electrons. The normalized spacial score (nSPS) is 31.8. The fraction of sp³-hybridized carbons (Fsp3) is 0.800. The summed E-state index contributed by atoms with van der Waals surface area (Å²) < 4.78 is 2.69. The third-order valence-corrected chi connectivity index (χ3v) is 3.65. The summed E-state index contributed by atoms with van der Waals surface area (Å²) in [4.78, 5) is 4.08. The zero-order valence-electron chi connectivity index (χ0n) is 9.15. The summed E-state index contributed by atoms with van der Waals surface area (Å²) >= 11 is 3.40. The Morgan fingerprint density at radius 3 is 2.33 bits per heavy atom. The van der Waals surface area contributed by atoms with Crippen LogP contribution >= 0.6 is 15.9 Å². The number of aromatic nitrogens is 3. The highest BCUT2D eigenvalue weighted by atomic mass is 79.9. The molecular weight excluding hydrogens is 256 g/mol. The van der Waals surface area contributed by atoms with E-state index < -0.39 is 0 Å². The fourth-order valence-electron chi connectivity index (χ4n) is 2.66. The van der Waals surface area contributed by atoms with Gasteiger partial charge in [-0.25, -0.2) is 4.68 Å². The molecule has 0 aromatic carbocycles. The SMILES string of the molecule is CC1CC(C)CC(n2nc(N)nc2Br)C1. The van der Waals surface area contributed by atoms with Crippen molar-refractivity contribution in [2.45, 2.75) is 39.2 Å². The van der Waals surface area contributed by atoms with Gasteiger partial charge in [0, 0.05) is 0 Å². The van der Waals surface area contributed by atoms with Crippen LogP contribution < -0.4 is 5.73 Å². The van der Waals surface area contributed by atoms with Gasteiger partial charge in [-0.2, -0.15) is 4.98 Å². The van der Waals surface area contributed by atoms with E-state index in [1.807, 2.05) is 4.68 Å². The molecule has 1 aromatic rings. The van der Waals surface area contributed by atoms with E-state index in [4.69, 9.17) is 5.73 Å². The average Bonchev–Trinajstić information content (AvgIpc) is 2.43. The van der Waals surface area contributed by atoms with E-state index in [-0.39, 0.29) is 0 Å². The second-order valence-corrected chi connectivity index (χ2v) is 5.46. The third kappa shape index (κ3) is 2.33. The molecular formula is C10H17BrN4. The number of nitrogen functional groups attached to an aromatic ring is 1. The Balaban J connectivity index is 2.19. The minimum absolute atomic E-state index is 0.354. The molecule has 1 saturated carbocycles. The van der Waals surface area contributed by atoms with Crippen LogP contribution in [0.15, 0.2) is 4.73 Å². The average molecular weight is 273 g/mol. The van der Waals surface area contributed by atoms with Crippen LogP contribution in [0.5, 0.6) is 0 Å². The highest BCUT2D eigenvalue weighted by Gasteiger charge is 2.27. The molecule has 0 amide bonds. The highest BCUT2D eigenvalue weighted by Crippen LogP contribution is 2.36. The van der Waals surface area contributed by atoms with E-state index in [0.29, 0.717) is 12.0 Å². The van der Waals surface area contributed by atoms with Gasteiger partial charge >= 0.3 is 0 Å². The maximum Gasteiger partial charge on any atom is 0.240 e. The van der Waals surface area contributed by atoms with Gasteiger partial charge < -0.3 is 5.73 Å². The Labute approximate surface area is 98.4 Å². The van der Waals surface area contributed by atoms with Crippen LogP contribution in [0.25, 0.3) is 0 Å². The Morgan fingerprint density at radius 2 is 1.87 bits per heavy atom. The van der Waals surface area contributed by atoms with Crippen molar-refractivity contribution in [2.75, 3.05) is 5.73 Å². The van der Waals surface area contributed by atoms with Crippen molar-refractivity contribution < 1.29 is 0 Å². The van der Waals surface area contributed by atoms with E-state index >= 15 is 0 Å². The number of hydrogen-bond donors (Lipinski definition) is 1. The van der Waals surface area contributed by atoms with E-state index in [1.165, 1.54) is 19.3 Å². The van der Waals surface area contributed by atoms with Crippen molar-refractivity contribution in [1.29, 1.82) is 0 Å². The molecule has 0 bridgehead atoms. The predicted octanol–water partition coefficient (Wildman–Crippen LogP) is 2.62. The minimum Gasteiger partial charge on any atom is -0.366 e. The minimum atomic E-state index is 0.354. The smallest absolute Gasteiger partial charge is 0.240 e. The van der Waals surface area contributed by atoms with Gasteiger partial charge in [0.2, 0.25) is 5.95 Å². The third-order valence-electron chi connectivity index (χ3n) is 3.11. The molecule has 1 aliphatic rings. The Bertz CT molecular complexity index is 339. The van der Waals surface area contributed by atoms with Crippen molar-refractivity contribution in [3.8, 4) is 0 Å². The van der Waals surface area contributed by atoms with Crippen molar-refractivity contribution in [3.05, 3.63) is 4.73 Å². The second kappa shape index (κ2) is 4.12. The first-order valence-electron chi connectivity index (χ1n) is 5.43. The standard InChI is InChI=1S/C10H17BrN4/c1-6-3-7(2)5-8(4-6)15-9(11)13-10(12)14-15/h6-8H,3-5H2,1-2H3,(H2,12,14). The Kier molecular flexibility index (Phi) is 3.00. The molecule has 2 atom stereocenters. The first-order chi connectivity index (χ1) is 7.06.